The van der Waals surface area contributed by atoms with Crippen LogP contribution in [0.4, 0.5) is 11.5 Å². The molecule has 0 unspecified atom stereocenters. The van der Waals surface area contributed by atoms with Crippen LogP contribution in [0.3, 0.4) is 0 Å². The normalized spacial score (nSPS) is 10.1. The minimum absolute atomic E-state index is 0.328. The molecule has 0 saturated heterocycles. The molecule has 1 aromatic carbocycles. The van der Waals surface area contributed by atoms with E-state index in [-0.39, 0.29) is 0 Å². The highest BCUT2D eigenvalue weighted by atomic mass is 79.9. The summed E-state index contributed by atoms with van der Waals surface area (Å²) in [6.45, 7) is 2.03. The zero-order chi connectivity index (χ0) is 13.1. The maximum absolute atomic E-state index is 5.68. The highest BCUT2D eigenvalue weighted by Gasteiger charge is 2.08. The summed E-state index contributed by atoms with van der Waals surface area (Å²) >= 11 is 8.51. The van der Waals surface area contributed by atoms with E-state index in [4.69, 9.17) is 18.0 Å². The van der Waals surface area contributed by atoms with E-state index in [1.807, 2.05) is 37.3 Å². The standard InChI is InChI=1S/C13H12BrN3S/c1-8-4-5-10(14)11(7-8)17-13-9(12(15)18)3-2-6-16-13/h2-7H,1H3,(H2,15,18)(H,16,17). The van der Waals surface area contributed by atoms with E-state index in [0.29, 0.717) is 10.8 Å². The molecule has 2 rings (SSSR count). The van der Waals surface area contributed by atoms with Gasteiger partial charge in [-0.05, 0) is 52.7 Å². The van der Waals surface area contributed by atoms with Gasteiger partial charge in [-0.3, -0.25) is 0 Å². The number of aryl methyl sites for hydroxylation is 1. The second-order valence-corrected chi connectivity index (χ2v) is 5.17. The minimum atomic E-state index is 0.328. The number of hydrogen-bond donors (Lipinski definition) is 2. The minimum Gasteiger partial charge on any atom is -0.389 e. The first-order valence-corrected chi connectivity index (χ1v) is 6.56. The Morgan fingerprint density at radius 3 is 2.89 bits per heavy atom. The first-order chi connectivity index (χ1) is 8.58. The summed E-state index contributed by atoms with van der Waals surface area (Å²) in [4.78, 5) is 4.59. The molecule has 0 bridgehead atoms. The van der Waals surface area contributed by atoms with Crippen LogP contribution in [0.15, 0.2) is 41.0 Å². The van der Waals surface area contributed by atoms with Crippen LogP contribution in [0, 0.1) is 6.92 Å². The number of hydrogen-bond acceptors (Lipinski definition) is 3. The predicted octanol–water partition coefficient (Wildman–Crippen LogP) is 3.53. The molecule has 0 amide bonds. The fraction of sp³-hybridized carbons (Fsp3) is 0.0769. The molecule has 3 N–H and O–H groups in total. The van der Waals surface area contributed by atoms with Gasteiger partial charge in [-0.15, -0.1) is 0 Å². The van der Waals surface area contributed by atoms with E-state index in [1.54, 1.807) is 6.20 Å². The van der Waals surface area contributed by atoms with Crippen LogP contribution in [0.1, 0.15) is 11.1 Å². The molecule has 0 aliphatic rings. The van der Waals surface area contributed by atoms with Crippen LogP contribution in [-0.2, 0) is 0 Å². The van der Waals surface area contributed by atoms with Crippen molar-refractivity contribution in [1.82, 2.24) is 4.98 Å². The van der Waals surface area contributed by atoms with E-state index in [1.165, 1.54) is 0 Å². The lowest BCUT2D eigenvalue weighted by atomic mass is 10.2. The van der Waals surface area contributed by atoms with Gasteiger partial charge < -0.3 is 11.1 Å². The number of nitrogens with zero attached hydrogens (tertiary/aromatic N) is 1. The van der Waals surface area contributed by atoms with Gasteiger partial charge in [0.2, 0.25) is 0 Å². The average molecular weight is 322 g/mol. The first kappa shape index (κ1) is 13.0. The summed E-state index contributed by atoms with van der Waals surface area (Å²) in [5, 5.41) is 3.24. The van der Waals surface area contributed by atoms with Crippen LogP contribution in [-0.4, -0.2) is 9.97 Å². The Bertz CT molecular complexity index is 599. The Morgan fingerprint density at radius 2 is 2.17 bits per heavy atom. The van der Waals surface area contributed by atoms with Gasteiger partial charge in [-0.2, -0.15) is 0 Å². The maximum atomic E-state index is 5.68. The van der Waals surface area contributed by atoms with E-state index in [0.717, 1.165) is 21.3 Å². The Kier molecular flexibility index (Phi) is 3.93. The molecule has 18 heavy (non-hydrogen) atoms. The first-order valence-electron chi connectivity index (χ1n) is 5.36. The van der Waals surface area contributed by atoms with Crippen molar-refractivity contribution in [3.63, 3.8) is 0 Å². The zero-order valence-electron chi connectivity index (χ0n) is 9.77. The monoisotopic (exact) mass is 321 g/mol. The number of halogens is 1. The molecule has 2 aromatic rings. The second-order valence-electron chi connectivity index (χ2n) is 3.87. The van der Waals surface area contributed by atoms with Gasteiger partial charge in [-0.1, -0.05) is 18.3 Å². The number of nitrogens with one attached hydrogen (secondary N) is 1. The van der Waals surface area contributed by atoms with E-state index >= 15 is 0 Å². The molecule has 1 aromatic heterocycles. The molecule has 0 radical (unpaired) electrons. The Hall–Kier alpha value is -1.46. The number of thiocarbonyl (C=S) groups is 1. The topological polar surface area (TPSA) is 50.9 Å². The Morgan fingerprint density at radius 1 is 1.39 bits per heavy atom. The average Bonchev–Trinajstić information content (AvgIpc) is 2.34. The molecule has 0 aliphatic heterocycles. The molecule has 1 heterocycles. The van der Waals surface area contributed by atoms with Gasteiger partial charge in [0.1, 0.15) is 10.8 Å². The molecular weight excluding hydrogens is 310 g/mol. The van der Waals surface area contributed by atoms with Crippen molar-refractivity contribution in [3.05, 3.63) is 52.1 Å². The van der Waals surface area contributed by atoms with Gasteiger partial charge in [0.15, 0.2) is 0 Å². The van der Waals surface area contributed by atoms with Crippen LogP contribution in [0.2, 0.25) is 0 Å². The van der Waals surface area contributed by atoms with E-state index in [2.05, 4.69) is 26.2 Å². The quantitative estimate of drug-likeness (QED) is 0.849. The number of benzene rings is 1. The van der Waals surface area contributed by atoms with Crippen molar-refractivity contribution >= 4 is 44.6 Å². The van der Waals surface area contributed by atoms with Gasteiger partial charge in [-0.25, -0.2) is 4.98 Å². The lowest BCUT2D eigenvalue weighted by molar-refractivity contribution is 1.29. The SMILES string of the molecule is Cc1ccc(Br)c(Nc2ncccc2C(N)=S)c1. The summed E-state index contributed by atoms with van der Waals surface area (Å²) in [6.07, 6.45) is 1.70. The van der Waals surface area contributed by atoms with Crippen LogP contribution in [0.5, 0.6) is 0 Å². The zero-order valence-corrected chi connectivity index (χ0v) is 12.2. The number of rotatable bonds is 3. The summed E-state index contributed by atoms with van der Waals surface area (Å²) in [7, 11) is 0. The molecule has 0 spiro atoms. The van der Waals surface area contributed by atoms with Crippen LogP contribution >= 0.6 is 28.1 Å². The van der Waals surface area contributed by atoms with Gasteiger partial charge >= 0.3 is 0 Å². The lowest BCUT2D eigenvalue weighted by Crippen LogP contribution is -2.12. The Labute approximate surface area is 120 Å². The van der Waals surface area contributed by atoms with Gasteiger partial charge in [0, 0.05) is 10.7 Å². The molecule has 0 atom stereocenters. The number of anilines is 2. The molecular formula is C13H12BrN3S. The largest absolute Gasteiger partial charge is 0.389 e. The number of pyridine rings is 1. The molecule has 3 nitrogen and oxygen atoms in total. The highest BCUT2D eigenvalue weighted by Crippen LogP contribution is 2.27. The van der Waals surface area contributed by atoms with Gasteiger partial charge in [0.25, 0.3) is 0 Å². The summed E-state index contributed by atoms with van der Waals surface area (Å²) in [5.74, 6) is 0.663. The molecule has 0 aliphatic carbocycles. The third-order valence-electron chi connectivity index (χ3n) is 2.45. The lowest BCUT2D eigenvalue weighted by Gasteiger charge is -2.11. The van der Waals surface area contributed by atoms with Crippen molar-refractivity contribution in [2.24, 2.45) is 5.73 Å². The molecule has 92 valence electrons. The van der Waals surface area contributed by atoms with Crippen molar-refractivity contribution in [2.75, 3.05) is 5.32 Å². The van der Waals surface area contributed by atoms with Crippen molar-refractivity contribution in [3.8, 4) is 0 Å². The summed E-state index contributed by atoms with van der Waals surface area (Å²) in [6, 6.07) is 9.71. The van der Waals surface area contributed by atoms with Crippen LogP contribution < -0.4 is 11.1 Å². The fourth-order valence-electron chi connectivity index (χ4n) is 1.57. The van der Waals surface area contributed by atoms with E-state index < -0.39 is 0 Å². The molecule has 0 fully saturated rings. The Balaban J connectivity index is 2.40. The summed E-state index contributed by atoms with van der Waals surface area (Å²) in [5.41, 5.74) is 8.51. The van der Waals surface area contributed by atoms with Gasteiger partial charge in [0.05, 0.1) is 11.3 Å². The van der Waals surface area contributed by atoms with E-state index in [9.17, 15) is 0 Å². The third kappa shape index (κ3) is 2.86. The maximum Gasteiger partial charge on any atom is 0.140 e. The highest BCUT2D eigenvalue weighted by molar-refractivity contribution is 9.10. The smallest absolute Gasteiger partial charge is 0.140 e. The second kappa shape index (κ2) is 5.46. The summed E-state index contributed by atoms with van der Waals surface area (Å²) < 4.78 is 0.965. The number of aromatic nitrogens is 1. The van der Waals surface area contributed by atoms with Crippen molar-refractivity contribution < 1.29 is 0 Å². The van der Waals surface area contributed by atoms with Crippen molar-refractivity contribution in [1.29, 1.82) is 0 Å². The number of nitrogens with two attached hydrogens (primary N) is 1. The predicted molar refractivity (Wildman–Crippen MR) is 82.3 cm³/mol. The van der Waals surface area contributed by atoms with Crippen molar-refractivity contribution in [2.45, 2.75) is 6.92 Å². The van der Waals surface area contributed by atoms with Crippen LogP contribution in [0.25, 0.3) is 0 Å². The third-order valence-corrected chi connectivity index (χ3v) is 3.36. The fourth-order valence-corrected chi connectivity index (χ4v) is 2.08. The molecule has 0 saturated carbocycles. The molecule has 5 heteroatoms.